The Morgan fingerprint density at radius 2 is 2.06 bits per heavy atom. The summed E-state index contributed by atoms with van der Waals surface area (Å²) >= 11 is 8.43. The molecule has 0 fully saturated rings. The van der Waals surface area contributed by atoms with Gasteiger partial charge < -0.3 is 4.74 Å². The first-order chi connectivity index (χ1) is 8.22. The second-order valence-electron chi connectivity index (χ2n) is 3.26. The average molecular weight is 376 g/mol. The Hall–Kier alpha value is -0.650. The van der Waals surface area contributed by atoms with Crippen molar-refractivity contribution < 1.29 is 9.53 Å². The van der Waals surface area contributed by atoms with Gasteiger partial charge in [-0.2, -0.15) is 0 Å². The van der Waals surface area contributed by atoms with E-state index in [2.05, 4.69) is 31.9 Å². The summed E-state index contributed by atoms with van der Waals surface area (Å²) < 4.78 is 7.50. The Balaban J connectivity index is 2.19. The predicted molar refractivity (Wildman–Crippen MR) is 75.9 cm³/mol. The van der Waals surface area contributed by atoms with Gasteiger partial charge in [0.25, 0.3) is 0 Å². The Morgan fingerprint density at radius 1 is 1.24 bits per heavy atom. The van der Waals surface area contributed by atoms with E-state index < -0.39 is 0 Å². The number of carbonyl (C=O) groups is 1. The molecule has 88 valence electrons. The number of carbonyl (C=O) groups excluding carboxylic acids is 1. The smallest absolute Gasteiger partial charge is 0.153 e. The first-order valence-electron chi connectivity index (χ1n) is 4.80. The van der Waals surface area contributed by atoms with Crippen LogP contribution in [0.2, 0.25) is 0 Å². The second kappa shape index (κ2) is 5.80. The van der Waals surface area contributed by atoms with Crippen LogP contribution < -0.4 is 4.74 Å². The zero-order valence-electron chi connectivity index (χ0n) is 8.65. The molecule has 5 heteroatoms. The van der Waals surface area contributed by atoms with Crippen molar-refractivity contribution in [2.45, 2.75) is 6.61 Å². The van der Waals surface area contributed by atoms with Crippen LogP contribution in [-0.4, -0.2) is 6.29 Å². The highest BCUT2D eigenvalue weighted by Crippen LogP contribution is 2.30. The van der Waals surface area contributed by atoms with Crippen molar-refractivity contribution >= 4 is 49.5 Å². The summed E-state index contributed by atoms with van der Waals surface area (Å²) in [4.78, 5) is 12.0. The van der Waals surface area contributed by atoms with Gasteiger partial charge in [-0.3, -0.25) is 4.79 Å². The summed E-state index contributed by atoms with van der Waals surface area (Å²) in [5.41, 5.74) is 0.548. The fourth-order valence-electron chi connectivity index (χ4n) is 1.34. The molecule has 0 saturated heterocycles. The van der Waals surface area contributed by atoms with Crippen LogP contribution in [-0.2, 0) is 6.61 Å². The van der Waals surface area contributed by atoms with Crippen LogP contribution in [0.3, 0.4) is 0 Å². The molecule has 17 heavy (non-hydrogen) atoms. The van der Waals surface area contributed by atoms with Crippen molar-refractivity contribution in [3.05, 3.63) is 49.0 Å². The van der Waals surface area contributed by atoms with E-state index in [1.54, 1.807) is 17.4 Å². The lowest BCUT2D eigenvalue weighted by molar-refractivity contribution is 0.111. The van der Waals surface area contributed by atoms with Crippen molar-refractivity contribution in [2.75, 3.05) is 0 Å². The molecule has 2 rings (SSSR count). The van der Waals surface area contributed by atoms with E-state index in [1.165, 1.54) is 0 Å². The van der Waals surface area contributed by atoms with E-state index in [4.69, 9.17) is 4.74 Å². The lowest BCUT2D eigenvalue weighted by atomic mass is 10.2. The van der Waals surface area contributed by atoms with Gasteiger partial charge in [0.1, 0.15) is 12.4 Å². The highest BCUT2D eigenvalue weighted by molar-refractivity contribution is 9.10. The minimum absolute atomic E-state index is 0.446. The van der Waals surface area contributed by atoms with Gasteiger partial charge in [-0.05, 0) is 55.4 Å². The summed E-state index contributed by atoms with van der Waals surface area (Å²) in [7, 11) is 0. The molecule has 0 spiro atoms. The van der Waals surface area contributed by atoms with Crippen LogP contribution >= 0.6 is 43.2 Å². The van der Waals surface area contributed by atoms with Crippen LogP contribution in [0.1, 0.15) is 15.2 Å². The van der Waals surface area contributed by atoms with Crippen LogP contribution in [0.25, 0.3) is 0 Å². The van der Waals surface area contributed by atoms with Crippen molar-refractivity contribution in [3.8, 4) is 5.75 Å². The summed E-state index contributed by atoms with van der Waals surface area (Å²) in [6, 6.07) is 7.37. The molecule has 2 nitrogen and oxygen atoms in total. The Morgan fingerprint density at radius 3 is 2.71 bits per heavy atom. The number of para-hydroxylation sites is 1. The molecule has 0 saturated carbocycles. The van der Waals surface area contributed by atoms with Crippen molar-refractivity contribution in [3.63, 3.8) is 0 Å². The molecule has 0 amide bonds. The van der Waals surface area contributed by atoms with Gasteiger partial charge in [0.2, 0.25) is 0 Å². The van der Waals surface area contributed by atoms with Gasteiger partial charge >= 0.3 is 0 Å². The molecule has 0 bridgehead atoms. The number of hydrogen-bond acceptors (Lipinski definition) is 3. The van der Waals surface area contributed by atoms with E-state index in [-0.39, 0.29) is 0 Å². The summed E-state index contributed by atoms with van der Waals surface area (Å²) in [6.45, 7) is 0.446. The molecular formula is C12H8Br2O2S. The highest BCUT2D eigenvalue weighted by atomic mass is 79.9. The topological polar surface area (TPSA) is 26.3 Å². The second-order valence-corrected chi connectivity index (χ2v) is 5.97. The van der Waals surface area contributed by atoms with Gasteiger partial charge in [0.15, 0.2) is 6.29 Å². The molecule has 1 aromatic heterocycles. The van der Waals surface area contributed by atoms with Crippen LogP contribution in [0.15, 0.2) is 38.6 Å². The zero-order chi connectivity index (χ0) is 12.3. The minimum atomic E-state index is 0.446. The average Bonchev–Trinajstić information content (AvgIpc) is 2.73. The molecule has 0 aliphatic carbocycles. The van der Waals surface area contributed by atoms with Crippen LogP contribution in [0.5, 0.6) is 5.75 Å². The molecular weight excluding hydrogens is 368 g/mol. The minimum Gasteiger partial charge on any atom is -0.486 e. The number of hydrogen-bond donors (Lipinski definition) is 0. The lowest BCUT2D eigenvalue weighted by Crippen LogP contribution is -1.98. The van der Waals surface area contributed by atoms with E-state index in [1.807, 2.05) is 23.6 Å². The van der Waals surface area contributed by atoms with Crippen molar-refractivity contribution in [2.24, 2.45) is 0 Å². The predicted octanol–water partition coefficient (Wildman–Crippen LogP) is 4.66. The first-order valence-corrected chi connectivity index (χ1v) is 7.27. The third-order valence-corrected chi connectivity index (χ3v) is 4.69. The Kier molecular flexibility index (Phi) is 4.36. The van der Waals surface area contributed by atoms with E-state index in [0.29, 0.717) is 17.9 Å². The molecule has 0 aliphatic rings. The van der Waals surface area contributed by atoms with Crippen molar-refractivity contribution in [1.82, 2.24) is 0 Å². The number of rotatable bonds is 4. The monoisotopic (exact) mass is 374 g/mol. The number of halogens is 2. The number of thiophene rings is 1. The zero-order valence-corrected chi connectivity index (χ0v) is 12.6. The molecule has 0 atom stereocenters. The van der Waals surface area contributed by atoms with Crippen LogP contribution in [0.4, 0.5) is 0 Å². The molecule has 2 aromatic rings. The molecule has 0 radical (unpaired) electrons. The third-order valence-electron chi connectivity index (χ3n) is 2.16. The van der Waals surface area contributed by atoms with E-state index in [0.717, 1.165) is 20.1 Å². The molecule has 0 aliphatic heterocycles. The van der Waals surface area contributed by atoms with Gasteiger partial charge in [0.05, 0.1) is 14.9 Å². The Labute approximate surface area is 120 Å². The maximum atomic E-state index is 10.9. The largest absolute Gasteiger partial charge is 0.486 e. The van der Waals surface area contributed by atoms with Gasteiger partial charge in [-0.15, -0.1) is 11.3 Å². The fourth-order valence-corrected chi connectivity index (χ4v) is 3.21. The summed E-state index contributed by atoms with van der Waals surface area (Å²) in [6.07, 6.45) is 0.795. The summed E-state index contributed by atoms with van der Waals surface area (Å²) in [5.74, 6) is 0.586. The SMILES string of the molecule is O=Cc1cccc(Br)c1OCc1sccc1Br. The maximum Gasteiger partial charge on any atom is 0.153 e. The maximum absolute atomic E-state index is 10.9. The van der Waals surface area contributed by atoms with E-state index in [9.17, 15) is 4.79 Å². The quantitative estimate of drug-likeness (QED) is 0.726. The number of ether oxygens (including phenoxy) is 1. The molecule has 1 aromatic carbocycles. The standard InChI is InChI=1S/C12H8Br2O2S/c13-9-4-5-17-11(9)7-16-12-8(6-15)2-1-3-10(12)14/h1-6H,7H2. The van der Waals surface area contributed by atoms with Crippen molar-refractivity contribution in [1.29, 1.82) is 0 Å². The fraction of sp³-hybridized carbons (Fsp3) is 0.0833. The third kappa shape index (κ3) is 2.97. The number of benzene rings is 1. The summed E-state index contributed by atoms with van der Waals surface area (Å²) in [5, 5.41) is 1.99. The first kappa shape index (κ1) is 12.8. The molecule has 0 unspecified atom stereocenters. The number of aldehydes is 1. The molecule has 1 heterocycles. The van der Waals surface area contributed by atoms with E-state index >= 15 is 0 Å². The lowest BCUT2D eigenvalue weighted by Gasteiger charge is -2.09. The van der Waals surface area contributed by atoms with Gasteiger partial charge in [-0.25, -0.2) is 0 Å². The van der Waals surface area contributed by atoms with Gasteiger partial charge in [0, 0.05) is 4.47 Å². The van der Waals surface area contributed by atoms with Gasteiger partial charge in [-0.1, -0.05) is 6.07 Å². The normalized spacial score (nSPS) is 10.2. The highest BCUT2D eigenvalue weighted by Gasteiger charge is 2.09. The Bertz CT molecular complexity index is 537. The van der Waals surface area contributed by atoms with Crippen LogP contribution in [0, 0.1) is 0 Å². The molecule has 0 N–H and O–H groups in total.